The summed E-state index contributed by atoms with van der Waals surface area (Å²) in [5.74, 6) is 0. The molecule has 0 aromatic heterocycles. The van der Waals surface area contributed by atoms with Crippen molar-refractivity contribution in [1.82, 2.24) is 15.6 Å². The molecule has 0 atom stereocenters. The Bertz CT molecular complexity index is 587. The summed E-state index contributed by atoms with van der Waals surface area (Å²) < 4.78 is 5.31. The molecule has 0 amide bonds. The predicted octanol–water partition coefficient (Wildman–Crippen LogP) is 1.08. The van der Waals surface area contributed by atoms with Crippen LogP contribution in [0.3, 0.4) is 0 Å². The van der Waals surface area contributed by atoms with Crippen LogP contribution in [0.2, 0.25) is 0 Å². The Balaban J connectivity index is 1.72. The minimum absolute atomic E-state index is 0.506. The molecule has 122 valence electrons. The van der Waals surface area contributed by atoms with Crippen molar-refractivity contribution in [3.05, 3.63) is 35.4 Å². The van der Waals surface area contributed by atoms with E-state index in [0.717, 1.165) is 50.7 Å². The maximum absolute atomic E-state index is 8.79. The van der Waals surface area contributed by atoms with Crippen molar-refractivity contribution < 1.29 is 4.74 Å². The van der Waals surface area contributed by atoms with Crippen LogP contribution in [0.25, 0.3) is 0 Å². The highest BCUT2D eigenvalue weighted by Crippen LogP contribution is 2.04. The molecule has 1 aromatic rings. The van der Waals surface area contributed by atoms with Gasteiger partial charge in [0.15, 0.2) is 5.11 Å². The molecular weight excluding hydrogens is 310 g/mol. The van der Waals surface area contributed by atoms with Gasteiger partial charge in [0.25, 0.3) is 0 Å². The van der Waals surface area contributed by atoms with Crippen LogP contribution in [0.15, 0.2) is 29.4 Å². The first kappa shape index (κ1) is 17.3. The third-order valence-corrected chi connectivity index (χ3v) is 3.81. The van der Waals surface area contributed by atoms with Gasteiger partial charge in [0, 0.05) is 26.2 Å². The number of ether oxygens (including phenoxy) is 1. The van der Waals surface area contributed by atoms with Gasteiger partial charge in [0.1, 0.15) is 0 Å². The Hall–Kier alpha value is -2.01. The molecule has 0 bridgehead atoms. The maximum Gasteiger partial charge on any atom is 0.187 e. The molecule has 2 rings (SSSR count). The number of hydrogen-bond donors (Lipinski definition) is 2. The molecule has 1 fully saturated rings. The Kier molecular flexibility index (Phi) is 6.94. The molecule has 1 aliphatic rings. The first-order chi connectivity index (χ1) is 11.2. The highest BCUT2D eigenvalue weighted by molar-refractivity contribution is 7.80. The standard InChI is InChI=1S/C16H21N5OS/c1-13(15-4-2-14(12-17)3-5-15)19-20-16(23)18-6-7-21-8-10-22-11-9-21/h2-5H,6-11H2,1H3,(H2,18,20,23)/b19-13+. The molecule has 1 aromatic carbocycles. The number of hydrazone groups is 1. The number of morpholine rings is 1. The zero-order valence-electron chi connectivity index (χ0n) is 13.2. The zero-order valence-corrected chi connectivity index (χ0v) is 14.0. The molecule has 7 heteroatoms. The molecule has 0 radical (unpaired) electrons. The van der Waals surface area contributed by atoms with Crippen molar-refractivity contribution in [2.45, 2.75) is 6.92 Å². The van der Waals surface area contributed by atoms with E-state index in [4.69, 9.17) is 22.2 Å². The Morgan fingerprint density at radius 3 is 2.70 bits per heavy atom. The summed E-state index contributed by atoms with van der Waals surface area (Å²) in [5, 5.41) is 16.7. The van der Waals surface area contributed by atoms with Crippen LogP contribution in [0.5, 0.6) is 0 Å². The van der Waals surface area contributed by atoms with Crippen LogP contribution in [0.4, 0.5) is 0 Å². The van der Waals surface area contributed by atoms with Crippen molar-refractivity contribution in [3.63, 3.8) is 0 Å². The van der Waals surface area contributed by atoms with E-state index in [1.165, 1.54) is 0 Å². The van der Waals surface area contributed by atoms with Gasteiger partial charge in [-0.2, -0.15) is 10.4 Å². The fourth-order valence-corrected chi connectivity index (χ4v) is 2.32. The fraction of sp³-hybridized carbons (Fsp3) is 0.438. The predicted molar refractivity (Wildman–Crippen MR) is 94.4 cm³/mol. The van der Waals surface area contributed by atoms with Gasteiger partial charge in [-0.15, -0.1) is 0 Å². The number of nitrogens with zero attached hydrogens (tertiary/aromatic N) is 3. The molecule has 1 heterocycles. The molecule has 2 N–H and O–H groups in total. The number of hydrogen-bond acceptors (Lipinski definition) is 5. The summed E-state index contributed by atoms with van der Waals surface area (Å²) in [7, 11) is 0. The van der Waals surface area contributed by atoms with E-state index < -0.39 is 0 Å². The minimum Gasteiger partial charge on any atom is -0.379 e. The fourth-order valence-electron chi connectivity index (χ4n) is 2.18. The number of benzene rings is 1. The Labute approximate surface area is 142 Å². The summed E-state index contributed by atoms with van der Waals surface area (Å²) in [5.41, 5.74) is 5.24. The van der Waals surface area contributed by atoms with Crippen LogP contribution >= 0.6 is 12.2 Å². The van der Waals surface area contributed by atoms with Gasteiger partial charge in [0.05, 0.1) is 30.6 Å². The number of thiocarbonyl (C=S) groups is 1. The van der Waals surface area contributed by atoms with Gasteiger partial charge in [-0.25, -0.2) is 0 Å². The second kappa shape index (κ2) is 9.20. The van der Waals surface area contributed by atoms with E-state index >= 15 is 0 Å². The SMILES string of the molecule is C/C(=N\NC(=S)NCCN1CCOCC1)c1ccc(C#N)cc1. The second-order valence-corrected chi connectivity index (χ2v) is 5.62. The van der Waals surface area contributed by atoms with Crippen molar-refractivity contribution in [2.24, 2.45) is 5.10 Å². The lowest BCUT2D eigenvalue weighted by Gasteiger charge is -2.26. The van der Waals surface area contributed by atoms with Crippen LogP contribution in [-0.4, -0.2) is 55.1 Å². The second-order valence-electron chi connectivity index (χ2n) is 5.21. The Morgan fingerprint density at radius 1 is 1.35 bits per heavy atom. The number of nitrogens with one attached hydrogen (secondary N) is 2. The topological polar surface area (TPSA) is 72.7 Å². The molecule has 0 aliphatic carbocycles. The van der Waals surface area contributed by atoms with Crippen molar-refractivity contribution in [2.75, 3.05) is 39.4 Å². The molecule has 0 unspecified atom stereocenters. The molecule has 0 saturated carbocycles. The van der Waals surface area contributed by atoms with Crippen LogP contribution in [0.1, 0.15) is 18.1 Å². The van der Waals surface area contributed by atoms with Crippen LogP contribution < -0.4 is 10.7 Å². The largest absolute Gasteiger partial charge is 0.379 e. The summed E-state index contributed by atoms with van der Waals surface area (Å²) >= 11 is 5.21. The van der Waals surface area contributed by atoms with Gasteiger partial charge < -0.3 is 10.1 Å². The van der Waals surface area contributed by atoms with Crippen LogP contribution in [-0.2, 0) is 4.74 Å². The first-order valence-corrected chi connectivity index (χ1v) is 7.98. The van der Waals surface area contributed by atoms with Crippen molar-refractivity contribution in [3.8, 4) is 6.07 Å². The summed E-state index contributed by atoms with van der Waals surface area (Å²) in [6, 6.07) is 9.38. The number of nitriles is 1. The average Bonchev–Trinajstić information content (AvgIpc) is 2.60. The summed E-state index contributed by atoms with van der Waals surface area (Å²) in [6.45, 7) is 7.15. The van der Waals surface area contributed by atoms with Crippen molar-refractivity contribution in [1.29, 1.82) is 5.26 Å². The van der Waals surface area contributed by atoms with E-state index in [-0.39, 0.29) is 0 Å². The summed E-state index contributed by atoms with van der Waals surface area (Å²) in [6.07, 6.45) is 0. The average molecular weight is 331 g/mol. The smallest absolute Gasteiger partial charge is 0.187 e. The van der Waals surface area contributed by atoms with Gasteiger partial charge in [-0.1, -0.05) is 12.1 Å². The lowest BCUT2D eigenvalue weighted by molar-refractivity contribution is 0.0389. The minimum atomic E-state index is 0.506. The van der Waals surface area contributed by atoms with Crippen molar-refractivity contribution >= 4 is 23.0 Å². The highest BCUT2D eigenvalue weighted by Gasteiger charge is 2.09. The van der Waals surface area contributed by atoms with E-state index in [2.05, 4.69) is 26.8 Å². The van der Waals surface area contributed by atoms with E-state index in [1.807, 2.05) is 19.1 Å². The first-order valence-electron chi connectivity index (χ1n) is 7.58. The third kappa shape index (κ3) is 5.94. The monoisotopic (exact) mass is 331 g/mol. The Morgan fingerprint density at radius 2 is 2.04 bits per heavy atom. The molecule has 23 heavy (non-hydrogen) atoms. The van der Waals surface area contributed by atoms with E-state index in [0.29, 0.717) is 10.7 Å². The quantitative estimate of drug-likeness (QED) is 0.478. The molecule has 1 aliphatic heterocycles. The summed E-state index contributed by atoms with van der Waals surface area (Å²) in [4.78, 5) is 2.34. The molecular formula is C16H21N5OS. The third-order valence-electron chi connectivity index (χ3n) is 3.57. The highest BCUT2D eigenvalue weighted by atomic mass is 32.1. The van der Waals surface area contributed by atoms with E-state index in [9.17, 15) is 0 Å². The van der Waals surface area contributed by atoms with Gasteiger partial charge in [0.2, 0.25) is 0 Å². The van der Waals surface area contributed by atoms with Gasteiger partial charge in [-0.3, -0.25) is 10.3 Å². The maximum atomic E-state index is 8.79. The van der Waals surface area contributed by atoms with Gasteiger partial charge in [-0.05, 0) is 36.8 Å². The van der Waals surface area contributed by atoms with Gasteiger partial charge >= 0.3 is 0 Å². The van der Waals surface area contributed by atoms with Crippen LogP contribution in [0, 0.1) is 11.3 Å². The molecule has 0 spiro atoms. The van der Waals surface area contributed by atoms with E-state index in [1.54, 1.807) is 12.1 Å². The lowest BCUT2D eigenvalue weighted by Crippen LogP contribution is -2.42. The molecule has 6 nitrogen and oxygen atoms in total. The lowest BCUT2D eigenvalue weighted by atomic mass is 10.1. The zero-order chi connectivity index (χ0) is 16.5. The number of rotatable bonds is 5. The molecule has 1 saturated heterocycles. The normalized spacial score (nSPS) is 15.7.